The van der Waals surface area contributed by atoms with Crippen molar-refractivity contribution in [3.63, 3.8) is 0 Å². The van der Waals surface area contributed by atoms with Gasteiger partial charge in [0, 0.05) is 24.0 Å². The van der Waals surface area contributed by atoms with Crippen LogP contribution in [0.1, 0.15) is 33.6 Å². The molecule has 1 unspecified atom stereocenters. The van der Waals surface area contributed by atoms with Crippen LogP contribution in [0.15, 0.2) is 35.5 Å². The lowest BCUT2D eigenvalue weighted by atomic mass is 10.1. The first-order chi connectivity index (χ1) is 8.13. The molecule has 0 heterocycles. The maximum absolute atomic E-state index is 5.90. The van der Waals surface area contributed by atoms with Gasteiger partial charge in [-0.3, -0.25) is 0 Å². The van der Waals surface area contributed by atoms with Crippen molar-refractivity contribution in [2.45, 2.75) is 33.6 Å². The Kier molecular flexibility index (Phi) is 10.6. The molecule has 0 saturated heterocycles. The summed E-state index contributed by atoms with van der Waals surface area (Å²) in [5.74, 6) is 0.403. The second-order valence-corrected chi connectivity index (χ2v) is 5.18. The molecule has 0 bridgehead atoms. The van der Waals surface area contributed by atoms with Crippen LogP contribution in [-0.4, -0.2) is 17.1 Å². The van der Waals surface area contributed by atoms with Crippen LogP contribution in [0, 0.1) is 5.92 Å². The minimum absolute atomic E-state index is 0.403. The average molecular weight is 274 g/mol. The molecule has 0 rings (SSSR count). The standard InChI is InChI=1S/C14H24ClNS/c1-5-7-11-16(17-4)12-10-13(3)8-9-14(15)6-2/h6,8-10,12-13H,5,7,11H2,1-4H3/b9-8-,12-10-,14-6+. The minimum Gasteiger partial charge on any atom is -0.324 e. The molecule has 0 aromatic carbocycles. The molecule has 0 aliphatic rings. The van der Waals surface area contributed by atoms with Gasteiger partial charge in [0.25, 0.3) is 0 Å². The Morgan fingerprint density at radius 3 is 2.65 bits per heavy atom. The van der Waals surface area contributed by atoms with E-state index in [2.05, 4.69) is 42.8 Å². The summed E-state index contributed by atoms with van der Waals surface area (Å²) >= 11 is 7.67. The monoisotopic (exact) mass is 273 g/mol. The Morgan fingerprint density at radius 1 is 1.41 bits per heavy atom. The van der Waals surface area contributed by atoms with E-state index in [1.165, 1.54) is 12.8 Å². The van der Waals surface area contributed by atoms with Crippen LogP contribution < -0.4 is 0 Å². The molecule has 0 aliphatic heterocycles. The third-order valence-electron chi connectivity index (χ3n) is 2.36. The van der Waals surface area contributed by atoms with E-state index >= 15 is 0 Å². The zero-order valence-electron chi connectivity index (χ0n) is 11.3. The molecule has 0 spiro atoms. The van der Waals surface area contributed by atoms with Gasteiger partial charge in [0.1, 0.15) is 0 Å². The summed E-state index contributed by atoms with van der Waals surface area (Å²) in [7, 11) is 0. The van der Waals surface area contributed by atoms with Crippen LogP contribution in [0.5, 0.6) is 0 Å². The van der Waals surface area contributed by atoms with Crippen LogP contribution >= 0.6 is 23.5 Å². The summed E-state index contributed by atoms with van der Waals surface area (Å²) in [5, 5.41) is 0.790. The van der Waals surface area contributed by atoms with Gasteiger partial charge in [0.05, 0.1) is 0 Å². The second-order valence-electron chi connectivity index (χ2n) is 3.91. The molecule has 0 fully saturated rings. The van der Waals surface area contributed by atoms with Crippen LogP contribution in [0.3, 0.4) is 0 Å². The maximum atomic E-state index is 5.90. The topological polar surface area (TPSA) is 3.24 Å². The van der Waals surface area contributed by atoms with Crippen molar-refractivity contribution >= 4 is 23.5 Å². The Bertz CT molecular complexity index is 271. The van der Waals surface area contributed by atoms with E-state index in [0.29, 0.717) is 5.92 Å². The van der Waals surface area contributed by atoms with Crippen molar-refractivity contribution in [2.75, 3.05) is 12.8 Å². The summed E-state index contributed by atoms with van der Waals surface area (Å²) in [6, 6.07) is 0. The molecule has 0 aliphatic carbocycles. The first-order valence-electron chi connectivity index (χ1n) is 6.13. The summed E-state index contributed by atoms with van der Waals surface area (Å²) in [6.07, 6.45) is 14.9. The van der Waals surface area contributed by atoms with Crippen molar-refractivity contribution in [1.29, 1.82) is 0 Å². The molecule has 0 radical (unpaired) electrons. The third kappa shape index (κ3) is 9.37. The van der Waals surface area contributed by atoms with Gasteiger partial charge in [0.2, 0.25) is 0 Å². The predicted octanol–water partition coefficient (Wildman–Crippen LogP) is 5.22. The number of allylic oxidation sites excluding steroid dienone is 5. The average Bonchev–Trinajstić information content (AvgIpc) is 2.36. The molecule has 0 aromatic heterocycles. The molecule has 0 aromatic rings. The zero-order chi connectivity index (χ0) is 13.1. The first kappa shape index (κ1) is 16.7. The highest BCUT2D eigenvalue weighted by Crippen LogP contribution is 2.11. The predicted molar refractivity (Wildman–Crippen MR) is 82.2 cm³/mol. The zero-order valence-corrected chi connectivity index (χ0v) is 12.9. The van der Waals surface area contributed by atoms with E-state index in [1.54, 1.807) is 11.9 Å². The first-order valence-corrected chi connectivity index (χ1v) is 7.69. The second kappa shape index (κ2) is 10.8. The smallest absolute Gasteiger partial charge is 0.0360 e. The van der Waals surface area contributed by atoms with E-state index in [9.17, 15) is 0 Å². The Hall–Kier alpha value is -0.340. The number of nitrogens with zero attached hydrogens (tertiary/aromatic N) is 1. The Balaban J connectivity index is 4.15. The number of halogens is 1. The van der Waals surface area contributed by atoms with Crippen molar-refractivity contribution in [3.05, 3.63) is 35.5 Å². The summed E-state index contributed by atoms with van der Waals surface area (Å²) in [6.45, 7) is 7.42. The normalized spacial score (nSPS) is 14.8. The van der Waals surface area contributed by atoms with Crippen molar-refractivity contribution in [3.8, 4) is 0 Å². The Morgan fingerprint density at radius 2 is 2.12 bits per heavy atom. The highest BCUT2D eigenvalue weighted by atomic mass is 35.5. The SMILES string of the molecule is C/C=C(Cl)\C=C/C(C)/C=C\N(CCCC)SC. The fourth-order valence-corrected chi connectivity index (χ4v) is 1.75. The highest BCUT2D eigenvalue weighted by molar-refractivity contribution is 7.96. The van der Waals surface area contributed by atoms with E-state index in [4.69, 9.17) is 11.6 Å². The molecule has 0 saturated carbocycles. The lowest BCUT2D eigenvalue weighted by Gasteiger charge is -2.16. The van der Waals surface area contributed by atoms with E-state index < -0.39 is 0 Å². The van der Waals surface area contributed by atoms with Crippen LogP contribution in [0.2, 0.25) is 0 Å². The van der Waals surface area contributed by atoms with E-state index in [0.717, 1.165) is 11.6 Å². The molecular formula is C14H24ClNS. The number of unbranched alkanes of at least 4 members (excludes halogenated alkanes) is 1. The van der Waals surface area contributed by atoms with Crippen LogP contribution in [0.25, 0.3) is 0 Å². The third-order valence-corrected chi connectivity index (χ3v) is 3.47. The molecule has 1 nitrogen and oxygen atoms in total. The molecular weight excluding hydrogens is 250 g/mol. The van der Waals surface area contributed by atoms with Crippen LogP contribution in [0.4, 0.5) is 0 Å². The fourth-order valence-electron chi connectivity index (χ4n) is 1.18. The lowest BCUT2D eigenvalue weighted by Crippen LogP contribution is -2.09. The number of hydrogen-bond acceptors (Lipinski definition) is 2. The van der Waals surface area contributed by atoms with Gasteiger partial charge < -0.3 is 4.31 Å². The van der Waals surface area contributed by atoms with Gasteiger partial charge in [-0.2, -0.15) is 0 Å². The van der Waals surface area contributed by atoms with Gasteiger partial charge in [-0.15, -0.1) is 0 Å². The highest BCUT2D eigenvalue weighted by Gasteiger charge is 1.96. The molecule has 0 N–H and O–H groups in total. The van der Waals surface area contributed by atoms with E-state index in [1.807, 2.05) is 19.1 Å². The van der Waals surface area contributed by atoms with Crippen molar-refractivity contribution in [2.24, 2.45) is 5.92 Å². The quantitative estimate of drug-likeness (QED) is 0.441. The van der Waals surface area contributed by atoms with Gasteiger partial charge in [-0.1, -0.05) is 62.0 Å². The van der Waals surface area contributed by atoms with Gasteiger partial charge in [-0.25, -0.2) is 0 Å². The summed E-state index contributed by atoms with van der Waals surface area (Å²) < 4.78 is 2.27. The van der Waals surface area contributed by atoms with Gasteiger partial charge in [0.15, 0.2) is 0 Å². The summed E-state index contributed by atoms with van der Waals surface area (Å²) in [4.78, 5) is 0. The largest absolute Gasteiger partial charge is 0.324 e. The number of hydrogen-bond donors (Lipinski definition) is 0. The number of rotatable bonds is 8. The molecule has 0 amide bonds. The minimum atomic E-state index is 0.403. The van der Waals surface area contributed by atoms with Crippen molar-refractivity contribution < 1.29 is 0 Å². The molecule has 3 heteroatoms. The lowest BCUT2D eigenvalue weighted by molar-refractivity contribution is 0.576. The fraction of sp³-hybridized carbons (Fsp3) is 0.571. The van der Waals surface area contributed by atoms with E-state index in [-0.39, 0.29) is 0 Å². The van der Waals surface area contributed by atoms with Crippen LogP contribution in [-0.2, 0) is 0 Å². The van der Waals surface area contributed by atoms with Gasteiger partial charge >= 0.3 is 0 Å². The summed E-state index contributed by atoms with van der Waals surface area (Å²) in [5.41, 5.74) is 0. The maximum Gasteiger partial charge on any atom is 0.0360 e. The Labute approximate surface area is 116 Å². The van der Waals surface area contributed by atoms with Gasteiger partial charge in [-0.05, 0) is 25.3 Å². The molecule has 1 atom stereocenters. The molecule has 17 heavy (non-hydrogen) atoms. The molecule has 98 valence electrons. The van der Waals surface area contributed by atoms with Crippen molar-refractivity contribution in [1.82, 2.24) is 4.31 Å².